The monoisotopic (exact) mass is 239 g/mol. The average molecular weight is 239 g/mol. The Bertz CT molecular complexity index is 138. The molecule has 0 saturated heterocycles. The Kier molecular flexibility index (Phi) is 18.4. The molecule has 0 saturated carbocycles. The first-order chi connectivity index (χ1) is 7.68. The van der Waals surface area contributed by atoms with Crippen molar-refractivity contribution in [2.45, 2.75) is 26.2 Å². The van der Waals surface area contributed by atoms with Gasteiger partial charge in [0.25, 0.3) is 0 Å². The van der Waals surface area contributed by atoms with Gasteiger partial charge in [-0.1, -0.05) is 19.0 Å². The minimum absolute atomic E-state index is 0.0600. The van der Waals surface area contributed by atoms with Gasteiger partial charge in [0.1, 0.15) is 0 Å². The van der Waals surface area contributed by atoms with Crippen LogP contribution in [-0.4, -0.2) is 47.7 Å². The van der Waals surface area contributed by atoms with Gasteiger partial charge in [-0.3, -0.25) is 14.5 Å². The Hall–Kier alpha value is -0.730. The van der Waals surface area contributed by atoms with Gasteiger partial charge in [-0.15, -0.1) is 0 Å². The summed E-state index contributed by atoms with van der Waals surface area (Å²) >= 11 is 0. The fraction of sp³-hybridized carbons (Fsp3) is 0.889. The fourth-order valence-corrected chi connectivity index (χ4v) is 0.544. The lowest BCUT2D eigenvalue weighted by Crippen LogP contribution is -2.19. The molecule has 0 aliphatic heterocycles. The van der Waals surface area contributed by atoms with Gasteiger partial charge in [0.2, 0.25) is 0 Å². The van der Waals surface area contributed by atoms with Gasteiger partial charge in [0.05, 0.1) is 26.4 Å². The summed E-state index contributed by atoms with van der Waals surface area (Å²) in [7, 11) is 0. The van der Waals surface area contributed by atoms with Crippen LogP contribution in [0.3, 0.4) is 0 Å². The highest BCUT2D eigenvalue weighted by atomic mass is 16.9. The lowest BCUT2D eigenvalue weighted by atomic mass is 10.3. The number of hydrogen-bond acceptors (Lipinski definition) is 6. The molecule has 0 aromatic carbocycles. The molecular formula is C9H21NO6. The molecule has 16 heavy (non-hydrogen) atoms. The molecule has 0 rings (SSSR count). The highest BCUT2D eigenvalue weighted by Crippen LogP contribution is 1.91. The molecule has 0 aliphatic carbocycles. The Labute approximate surface area is 94.9 Å². The predicted molar refractivity (Wildman–Crippen MR) is 56.4 cm³/mol. The van der Waals surface area contributed by atoms with E-state index in [1.165, 1.54) is 0 Å². The van der Waals surface area contributed by atoms with E-state index in [0.717, 1.165) is 12.8 Å². The summed E-state index contributed by atoms with van der Waals surface area (Å²) in [5, 5.41) is 24.4. The number of carboxylic acid groups (broad SMARTS) is 1. The van der Waals surface area contributed by atoms with Crippen LogP contribution in [0.25, 0.3) is 0 Å². The molecule has 7 nitrogen and oxygen atoms in total. The number of aliphatic hydroxyl groups is 2. The van der Waals surface area contributed by atoms with Gasteiger partial charge < -0.3 is 15.3 Å². The summed E-state index contributed by atoms with van der Waals surface area (Å²) in [6, 6.07) is 0. The molecule has 0 bridgehead atoms. The summed E-state index contributed by atoms with van der Waals surface area (Å²) in [4.78, 5) is 18.7. The molecule has 7 heteroatoms. The molecule has 0 spiro atoms. The van der Waals surface area contributed by atoms with Crippen LogP contribution in [0, 0.1) is 0 Å². The Morgan fingerprint density at radius 3 is 1.94 bits per heavy atom. The number of nitrogens with one attached hydrogen (secondary N) is 1. The summed E-state index contributed by atoms with van der Waals surface area (Å²) in [5.74, 6) is -0.693. The zero-order valence-corrected chi connectivity index (χ0v) is 9.52. The van der Waals surface area contributed by atoms with E-state index in [9.17, 15) is 4.79 Å². The third-order valence-electron chi connectivity index (χ3n) is 1.25. The average Bonchev–Trinajstić information content (AvgIpc) is 2.27. The van der Waals surface area contributed by atoms with E-state index >= 15 is 0 Å². The third-order valence-corrected chi connectivity index (χ3v) is 1.25. The van der Waals surface area contributed by atoms with Crippen molar-refractivity contribution < 1.29 is 29.8 Å². The molecule has 0 atom stereocenters. The van der Waals surface area contributed by atoms with Crippen LogP contribution >= 0.6 is 0 Å². The molecule has 0 fully saturated rings. The quantitative estimate of drug-likeness (QED) is 0.322. The van der Waals surface area contributed by atoms with Gasteiger partial charge in [0, 0.05) is 6.42 Å². The Morgan fingerprint density at radius 1 is 1.19 bits per heavy atom. The fourth-order valence-electron chi connectivity index (χ4n) is 0.544. The standard InChI is InChI=1S/C5H10O2.C4H11NO4/c1-2-3-4-5(6)7;6-1-3-8-5-9-4-2-7/h2-4H2,1H3,(H,6,7);5-7H,1-4H2. The van der Waals surface area contributed by atoms with E-state index in [-0.39, 0.29) is 26.4 Å². The molecule has 0 radical (unpaired) electrons. The third kappa shape index (κ3) is 23.2. The van der Waals surface area contributed by atoms with Crippen molar-refractivity contribution >= 4 is 5.97 Å². The number of aliphatic carboxylic acids is 1. The summed E-state index contributed by atoms with van der Waals surface area (Å²) in [5.41, 5.74) is 2.07. The van der Waals surface area contributed by atoms with Crippen LogP contribution < -0.4 is 5.64 Å². The summed E-state index contributed by atoms with van der Waals surface area (Å²) in [6.45, 7) is 2.20. The number of carbonyl (C=O) groups is 1. The number of hydrogen-bond donors (Lipinski definition) is 4. The largest absolute Gasteiger partial charge is 0.481 e. The van der Waals surface area contributed by atoms with Gasteiger partial charge in [0.15, 0.2) is 0 Å². The maximum absolute atomic E-state index is 9.76. The first-order valence-corrected chi connectivity index (χ1v) is 5.11. The van der Waals surface area contributed by atoms with Crippen molar-refractivity contribution in [3.8, 4) is 0 Å². The van der Waals surface area contributed by atoms with Gasteiger partial charge in [-0.25, -0.2) is 0 Å². The molecule has 0 aliphatic rings. The predicted octanol–water partition coefficient (Wildman–Crippen LogP) is -0.315. The molecule has 98 valence electrons. The van der Waals surface area contributed by atoms with Crippen molar-refractivity contribution in [1.82, 2.24) is 5.64 Å². The molecule has 4 N–H and O–H groups in total. The van der Waals surface area contributed by atoms with E-state index in [4.69, 9.17) is 15.3 Å². The van der Waals surface area contributed by atoms with E-state index in [1.54, 1.807) is 0 Å². The number of carboxylic acids is 1. The zero-order chi connectivity index (χ0) is 12.6. The first-order valence-electron chi connectivity index (χ1n) is 5.11. The van der Waals surface area contributed by atoms with Gasteiger partial charge >= 0.3 is 5.97 Å². The number of aliphatic hydroxyl groups excluding tert-OH is 2. The van der Waals surface area contributed by atoms with Crippen LogP contribution in [0.2, 0.25) is 0 Å². The topological polar surface area (TPSA) is 108 Å². The van der Waals surface area contributed by atoms with E-state index in [0.29, 0.717) is 6.42 Å². The van der Waals surface area contributed by atoms with E-state index < -0.39 is 5.97 Å². The summed E-state index contributed by atoms with van der Waals surface area (Å²) < 4.78 is 0. The van der Waals surface area contributed by atoms with E-state index in [2.05, 4.69) is 15.3 Å². The SMILES string of the molecule is CCCCC(=O)O.OCCONOCCO. The molecule has 0 heterocycles. The zero-order valence-electron chi connectivity index (χ0n) is 9.52. The van der Waals surface area contributed by atoms with Gasteiger partial charge in [-0.05, 0) is 6.42 Å². The molecule has 0 aromatic rings. The van der Waals surface area contributed by atoms with Gasteiger partial charge in [-0.2, -0.15) is 0 Å². The highest BCUT2D eigenvalue weighted by Gasteiger charge is 1.90. The Morgan fingerprint density at radius 2 is 1.69 bits per heavy atom. The van der Waals surface area contributed by atoms with Crippen molar-refractivity contribution in [1.29, 1.82) is 0 Å². The molecule has 0 aromatic heterocycles. The lowest BCUT2D eigenvalue weighted by Gasteiger charge is -2.01. The normalized spacial score (nSPS) is 9.44. The molecular weight excluding hydrogens is 218 g/mol. The van der Waals surface area contributed by atoms with Crippen LogP contribution in [-0.2, 0) is 14.5 Å². The number of rotatable bonds is 9. The second-order valence-corrected chi connectivity index (χ2v) is 2.72. The maximum atomic E-state index is 9.76. The summed E-state index contributed by atoms with van der Waals surface area (Å²) in [6.07, 6.45) is 2.08. The highest BCUT2D eigenvalue weighted by molar-refractivity contribution is 5.66. The number of unbranched alkanes of at least 4 members (excludes halogenated alkanes) is 1. The second kappa shape index (κ2) is 16.7. The minimum Gasteiger partial charge on any atom is -0.481 e. The molecule has 0 amide bonds. The van der Waals surface area contributed by atoms with Crippen molar-refractivity contribution in [2.24, 2.45) is 0 Å². The lowest BCUT2D eigenvalue weighted by molar-refractivity contribution is -0.178. The first kappa shape index (κ1) is 17.7. The maximum Gasteiger partial charge on any atom is 0.303 e. The molecule has 0 unspecified atom stereocenters. The van der Waals surface area contributed by atoms with Crippen molar-refractivity contribution in [2.75, 3.05) is 26.4 Å². The van der Waals surface area contributed by atoms with Crippen LogP contribution in [0.5, 0.6) is 0 Å². The van der Waals surface area contributed by atoms with Crippen molar-refractivity contribution in [3.63, 3.8) is 0 Å². The van der Waals surface area contributed by atoms with Crippen molar-refractivity contribution in [3.05, 3.63) is 0 Å². The second-order valence-electron chi connectivity index (χ2n) is 2.72. The van der Waals surface area contributed by atoms with Crippen LogP contribution in [0.15, 0.2) is 0 Å². The van der Waals surface area contributed by atoms with E-state index in [1.807, 2.05) is 6.92 Å². The Balaban J connectivity index is 0. The smallest absolute Gasteiger partial charge is 0.303 e. The van der Waals surface area contributed by atoms with Crippen LogP contribution in [0.4, 0.5) is 0 Å². The minimum atomic E-state index is -0.693. The van der Waals surface area contributed by atoms with Crippen LogP contribution in [0.1, 0.15) is 26.2 Å².